The van der Waals surface area contributed by atoms with E-state index in [1.54, 1.807) is 6.20 Å². The number of hydrogen-bond donors (Lipinski definition) is 2. The van der Waals surface area contributed by atoms with Gasteiger partial charge in [-0.15, -0.1) is 0 Å². The van der Waals surface area contributed by atoms with E-state index in [1.165, 1.54) is 4.90 Å². The third-order valence-corrected chi connectivity index (χ3v) is 5.56. The average Bonchev–Trinajstić information content (AvgIpc) is 3.31. The van der Waals surface area contributed by atoms with Gasteiger partial charge < -0.3 is 10.3 Å². The molecule has 2 aromatic carbocycles. The van der Waals surface area contributed by atoms with Crippen LogP contribution in [0.3, 0.4) is 0 Å². The molecular formula is C22H21ClN4O2. The van der Waals surface area contributed by atoms with E-state index >= 15 is 0 Å². The van der Waals surface area contributed by atoms with Crippen LogP contribution in [0.25, 0.3) is 11.3 Å². The lowest BCUT2D eigenvalue weighted by molar-refractivity contribution is -0.127. The molecule has 0 aliphatic carbocycles. The van der Waals surface area contributed by atoms with Crippen LogP contribution in [0.5, 0.6) is 0 Å². The Labute approximate surface area is 173 Å². The number of halogens is 1. The van der Waals surface area contributed by atoms with E-state index in [4.69, 9.17) is 11.6 Å². The topological polar surface area (TPSA) is 78.1 Å². The highest BCUT2D eigenvalue weighted by Gasteiger charge is 2.40. The summed E-state index contributed by atoms with van der Waals surface area (Å²) in [5.74, 6) is 0.115. The third kappa shape index (κ3) is 3.63. The number of aryl methyl sites for hydroxylation is 1. The third-order valence-electron chi connectivity index (χ3n) is 5.25. The monoisotopic (exact) mass is 408 g/mol. The van der Waals surface area contributed by atoms with Gasteiger partial charge in [-0.2, -0.15) is 0 Å². The maximum atomic E-state index is 12.5. The van der Waals surface area contributed by atoms with Gasteiger partial charge in [-0.3, -0.25) is 9.69 Å². The van der Waals surface area contributed by atoms with Crippen LogP contribution in [0.1, 0.15) is 35.8 Å². The fourth-order valence-corrected chi connectivity index (χ4v) is 4.04. The molecule has 2 N–H and O–H groups in total. The number of H-pyrrole nitrogens is 1. The SMILES string of the molecule is Cc1ccc(-c2cnc(C(C(C)c3ccccc3)N3C(=O)CNC3=O)[nH]2)c(Cl)c1. The minimum Gasteiger partial charge on any atom is -0.340 e. The van der Waals surface area contributed by atoms with Gasteiger partial charge in [0, 0.05) is 11.5 Å². The van der Waals surface area contributed by atoms with Gasteiger partial charge in [-0.25, -0.2) is 9.78 Å². The molecule has 148 valence electrons. The van der Waals surface area contributed by atoms with Gasteiger partial charge in [-0.1, -0.05) is 61.0 Å². The molecule has 0 saturated carbocycles. The van der Waals surface area contributed by atoms with Gasteiger partial charge in [0.25, 0.3) is 5.91 Å². The fourth-order valence-electron chi connectivity index (χ4n) is 3.70. The summed E-state index contributed by atoms with van der Waals surface area (Å²) in [7, 11) is 0. The Kier molecular flexibility index (Phi) is 5.11. The predicted molar refractivity (Wildman–Crippen MR) is 112 cm³/mol. The average molecular weight is 409 g/mol. The number of rotatable bonds is 5. The van der Waals surface area contributed by atoms with Gasteiger partial charge in [0.15, 0.2) is 0 Å². The molecule has 3 aromatic rings. The molecule has 2 atom stereocenters. The first-order valence-corrected chi connectivity index (χ1v) is 9.79. The van der Waals surface area contributed by atoms with Crippen molar-refractivity contribution in [1.82, 2.24) is 20.2 Å². The zero-order valence-electron chi connectivity index (χ0n) is 16.1. The van der Waals surface area contributed by atoms with E-state index in [0.717, 1.165) is 22.4 Å². The summed E-state index contributed by atoms with van der Waals surface area (Å²) in [5, 5.41) is 3.22. The number of imidazole rings is 1. The van der Waals surface area contributed by atoms with Crippen molar-refractivity contribution in [1.29, 1.82) is 0 Å². The number of imide groups is 1. The number of aromatic amines is 1. The van der Waals surface area contributed by atoms with Crippen molar-refractivity contribution >= 4 is 23.5 Å². The molecular weight excluding hydrogens is 388 g/mol. The molecule has 1 aliphatic heterocycles. The Morgan fingerprint density at radius 2 is 1.90 bits per heavy atom. The standard InChI is InChI=1S/C22H21ClN4O2/c1-13-8-9-16(17(23)10-13)18-11-24-21(26-18)20(27-19(28)12-25-22(27)29)14(2)15-6-4-3-5-7-15/h3-11,14,20H,12H2,1-2H3,(H,24,26)(H,25,29). The van der Waals surface area contributed by atoms with E-state index in [2.05, 4.69) is 15.3 Å². The van der Waals surface area contributed by atoms with Crippen molar-refractivity contribution in [3.8, 4) is 11.3 Å². The van der Waals surface area contributed by atoms with Gasteiger partial charge >= 0.3 is 6.03 Å². The highest BCUT2D eigenvalue weighted by molar-refractivity contribution is 6.33. The molecule has 3 amide bonds. The molecule has 1 fully saturated rings. The second kappa shape index (κ2) is 7.72. The van der Waals surface area contributed by atoms with E-state index in [-0.39, 0.29) is 18.4 Å². The second-order valence-corrected chi connectivity index (χ2v) is 7.64. The Balaban J connectivity index is 1.77. The van der Waals surface area contributed by atoms with Crippen molar-refractivity contribution in [3.05, 3.63) is 76.7 Å². The van der Waals surface area contributed by atoms with E-state index < -0.39 is 12.1 Å². The molecule has 0 radical (unpaired) electrons. The number of hydrogen-bond acceptors (Lipinski definition) is 3. The summed E-state index contributed by atoms with van der Waals surface area (Å²) in [6.07, 6.45) is 1.69. The number of nitrogens with zero attached hydrogens (tertiary/aromatic N) is 2. The molecule has 29 heavy (non-hydrogen) atoms. The van der Waals surface area contributed by atoms with Crippen LogP contribution >= 0.6 is 11.6 Å². The quantitative estimate of drug-likeness (QED) is 0.613. The lowest BCUT2D eigenvalue weighted by atomic mass is 9.91. The van der Waals surface area contributed by atoms with Crippen LogP contribution in [0.2, 0.25) is 5.02 Å². The maximum Gasteiger partial charge on any atom is 0.325 e. The van der Waals surface area contributed by atoms with Crippen molar-refractivity contribution in [2.24, 2.45) is 0 Å². The highest BCUT2D eigenvalue weighted by Crippen LogP contribution is 2.37. The normalized spacial score (nSPS) is 16.0. The molecule has 0 bridgehead atoms. The van der Waals surface area contributed by atoms with E-state index in [1.807, 2.05) is 62.4 Å². The lowest BCUT2D eigenvalue weighted by Crippen LogP contribution is -2.38. The van der Waals surface area contributed by atoms with Crippen molar-refractivity contribution in [2.45, 2.75) is 25.8 Å². The number of nitrogens with one attached hydrogen (secondary N) is 2. The summed E-state index contributed by atoms with van der Waals surface area (Å²) in [5.41, 5.74) is 3.63. The summed E-state index contributed by atoms with van der Waals surface area (Å²) in [4.78, 5) is 34.0. The molecule has 2 unspecified atom stereocenters. The van der Waals surface area contributed by atoms with Crippen LogP contribution in [-0.4, -0.2) is 33.4 Å². The zero-order chi connectivity index (χ0) is 20.5. The predicted octanol–water partition coefficient (Wildman–Crippen LogP) is 4.44. The number of urea groups is 1. The summed E-state index contributed by atoms with van der Waals surface area (Å²) >= 11 is 6.41. The molecule has 1 aliphatic rings. The van der Waals surface area contributed by atoms with Crippen LogP contribution in [0.4, 0.5) is 4.79 Å². The Hall–Kier alpha value is -3.12. The van der Waals surface area contributed by atoms with Gasteiger partial charge in [0.05, 0.1) is 23.5 Å². The van der Waals surface area contributed by atoms with E-state index in [0.29, 0.717) is 10.8 Å². The summed E-state index contributed by atoms with van der Waals surface area (Å²) in [6, 6.07) is 14.6. The zero-order valence-corrected chi connectivity index (χ0v) is 16.9. The number of amides is 3. The highest BCUT2D eigenvalue weighted by atomic mass is 35.5. The molecule has 1 aromatic heterocycles. The van der Waals surface area contributed by atoms with Crippen LogP contribution in [0.15, 0.2) is 54.7 Å². The van der Waals surface area contributed by atoms with E-state index in [9.17, 15) is 9.59 Å². The maximum absolute atomic E-state index is 12.5. The molecule has 1 saturated heterocycles. The van der Waals surface area contributed by atoms with Crippen molar-refractivity contribution in [2.75, 3.05) is 6.54 Å². The van der Waals surface area contributed by atoms with Gasteiger partial charge in [-0.05, 0) is 24.1 Å². The molecule has 7 heteroatoms. The van der Waals surface area contributed by atoms with Crippen LogP contribution in [0, 0.1) is 6.92 Å². The Bertz CT molecular complexity index is 1050. The molecule has 0 spiro atoms. The van der Waals surface area contributed by atoms with Crippen LogP contribution in [-0.2, 0) is 4.79 Å². The summed E-state index contributed by atoms with van der Waals surface area (Å²) in [6.45, 7) is 3.96. The molecule has 2 heterocycles. The first-order valence-electron chi connectivity index (χ1n) is 9.42. The summed E-state index contributed by atoms with van der Waals surface area (Å²) < 4.78 is 0. The van der Waals surface area contributed by atoms with Crippen molar-refractivity contribution in [3.63, 3.8) is 0 Å². The van der Waals surface area contributed by atoms with Crippen molar-refractivity contribution < 1.29 is 9.59 Å². The first kappa shape index (κ1) is 19.2. The Morgan fingerprint density at radius 3 is 2.55 bits per heavy atom. The number of benzene rings is 2. The largest absolute Gasteiger partial charge is 0.340 e. The number of carbonyl (C=O) groups is 2. The number of carbonyl (C=O) groups excluding carboxylic acids is 2. The number of aromatic nitrogens is 2. The van der Waals surface area contributed by atoms with Gasteiger partial charge in [0.1, 0.15) is 11.9 Å². The molecule has 6 nitrogen and oxygen atoms in total. The Morgan fingerprint density at radius 1 is 1.14 bits per heavy atom. The minimum absolute atomic E-state index is 0.00575. The second-order valence-electron chi connectivity index (χ2n) is 7.23. The van der Waals surface area contributed by atoms with Gasteiger partial charge in [0.2, 0.25) is 0 Å². The lowest BCUT2D eigenvalue weighted by Gasteiger charge is -2.29. The molecule has 4 rings (SSSR count). The minimum atomic E-state index is -0.564. The van der Waals surface area contributed by atoms with Crippen LogP contribution < -0.4 is 5.32 Å². The smallest absolute Gasteiger partial charge is 0.325 e. The first-order chi connectivity index (χ1) is 14.0. The fraction of sp³-hybridized carbons (Fsp3) is 0.227.